The van der Waals surface area contributed by atoms with Gasteiger partial charge in [0.1, 0.15) is 6.04 Å². The molecule has 1 fully saturated rings. The molecule has 1 aliphatic rings. The highest BCUT2D eigenvalue weighted by Gasteiger charge is 2.34. The van der Waals surface area contributed by atoms with E-state index in [2.05, 4.69) is 10.6 Å². The summed E-state index contributed by atoms with van der Waals surface area (Å²) in [6.45, 7) is 4.34. The van der Waals surface area contributed by atoms with Crippen LogP contribution in [0.2, 0.25) is 0 Å². The van der Waals surface area contributed by atoms with Gasteiger partial charge in [-0.2, -0.15) is 0 Å². The number of amides is 2. The molecule has 2 amide bonds. The normalized spacial score (nSPS) is 15.7. The Hall–Kier alpha value is -3.01. The van der Waals surface area contributed by atoms with Gasteiger partial charge >= 0.3 is 11.9 Å². The molecule has 0 spiro atoms. The van der Waals surface area contributed by atoms with Crippen LogP contribution in [0.5, 0.6) is 0 Å². The van der Waals surface area contributed by atoms with Gasteiger partial charge in [0.25, 0.3) is 0 Å². The van der Waals surface area contributed by atoms with E-state index in [0.29, 0.717) is 19.5 Å². The second kappa shape index (κ2) is 12.7. The molecule has 0 saturated carbocycles. The van der Waals surface area contributed by atoms with Crippen LogP contribution in [0.25, 0.3) is 0 Å². The van der Waals surface area contributed by atoms with E-state index in [1.165, 1.54) is 4.90 Å². The van der Waals surface area contributed by atoms with Crippen molar-refractivity contribution in [2.45, 2.75) is 51.7 Å². The second-order valence-electron chi connectivity index (χ2n) is 7.55. The molecule has 174 valence electrons. The highest BCUT2D eigenvalue weighted by atomic mass is 32.1. The van der Waals surface area contributed by atoms with Crippen molar-refractivity contribution in [1.29, 1.82) is 0 Å². The van der Waals surface area contributed by atoms with Gasteiger partial charge in [-0.3, -0.25) is 19.2 Å². The Kier molecular flexibility index (Phi) is 10.1. The molecule has 1 aromatic rings. The van der Waals surface area contributed by atoms with Crippen molar-refractivity contribution in [3.8, 4) is 0 Å². The molecule has 32 heavy (non-hydrogen) atoms. The molecular formula is C22H29N3O6S. The number of rotatable bonds is 9. The van der Waals surface area contributed by atoms with Crippen LogP contribution < -0.4 is 10.6 Å². The van der Waals surface area contributed by atoms with E-state index < -0.39 is 23.9 Å². The van der Waals surface area contributed by atoms with Gasteiger partial charge in [0.2, 0.25) is 11.8 Å². The maximum atomic E-state index is 12.2. The third kappa shape index (κ3) is 8.62. The zero-order chi connectivity index (χ0) is 23.5. The Morgan fingerprint density at radius 2 is 1.91 bits per heavy atom. The quantitative estimate of drug-likeness (QED) is 0.413. The Balaban J connectivity index is 1.76. The van der Waals surface area contributed by atoms with Gasteiger partial charge in [-0.15, -0.1) is 0 Å². The summed E-state index contributed by atoms with van der Waals surface area (Å²) in [5, 5.41) is 5.24. The van der Waals surface area contributed by atoms with Crippen LogP contribution in [-0.2, 0) is 35.1 Å². The maximum absolute atomic E-state index is 12.2. The van der Waals surface area contributed by atoms with Crippen LogP contribution in [0, 0.1) is 0 Å². The van der Waals surface area contributed by atoms with E-state index in [-0.39, 0.29) is 43.0 Å². The van der Waals surface area contributed by atoms with Crippen molar-refractivity contribution < 1.29 is 28.7 Å². The smallest absolute Gasteiger partial charge is 0.308 e. The number of nitrogens with one attached hydrogen (secondary N) is 2. The molecule has 2 N–H and O–H groups in total. The minimum absolute atomic E-state index is 0.0321. The van der Waals surface area contributed by atoms with Gasteiger partial charge < -0.3 is 25.0 Å². The minimum Gasteiger partial charge on any atom is -0.465 e. The van der Waals surface area contributed by atoms with Crippen LogP contribution in [-0.4, -0.2) is 65.6 Å². The molecule has 10 heteroatoms. The van der Waals surface area contributed by atoms with E-state index in [1.807, 2.05) is 30.3 Å². The number of hydrogen-bond acceptors (Lipinski definition) is 7. The summed E-state index contributed by atoms with van der Waals surface area (Å²) in [6.07, 6.45) is -0.0891. The Bertz CT molecular complexity index is 830. The fraction of sp³-hybridized carbons (Fsp3) is 0.500. The summed E-state index contributed by atoms with van der Waals surface area (Å²) < 4.78 is 10.3. The van der Waals surface area contributed by atoms with Gasteiger partial charge in [0, 0.05) is 25.9 Å². The lowest BCUT2D eigenvalue weighted by molar-refractivity contribution is -0.150. The summed E-state index contributed by atoms with van der Waals surface area (Å²) in [7, 11) is 0. The van der Waals surface area contributed by atoms with E-state index in [4.69, 9.17) is 21.7 Å². The third-order valence-electron chi connectivity index (χ3n) is 4.62. The van der Waals surface area contributed by atoms with Crippen molar-refractivity contribution >= 4 is 41.1 Å². The van der Waals surface area contributed by atoms with Crippen LogP contribution in [0.15, 0.2) is 30.3 Å². The molecule has 1 heterocycles. The fourth-order valence-electron chi connectivity index (χ4n) is 3.10. The van der Waals surface area contributed by atoms with Crippen molar-refractivity contribution in [3.63, 3.8) is 0 Å². The molecule has 1 aliphatic heterocycles. The summed E-state index contributed by atoms with van der Waals surface area (Å²) in [4.78, 5) is 49.8. The van der Waals surface area contributed by atoms with Crippen LogP contribution in [0.4, 0.5) is 0 Å². The molecule has 1 unspecified atom stereocenters. The first-order valence-electron chi connectivity index (χ1n) is 10.5. The number of thiocarbonyl (C=S) groups is 1. The summed E-state index contributed by atoms with van der Waals surface area (Å²) >= 11 is 5.27. The summed E-state index contributed by atoms with van der Waals surface area (Å²) in [5.74, 6) is -1.84. The van der Waals surface area contributed by atoms with Crippen LogP contribution in [0.3, 0.4) is 0 Å². The SMILES string of the molecule is CC(C)OC(=O)CC1C(=O)NCCN1C(=S)NC(=O)CCC(=O)OCCc1ccccc1. The summed E-state index contributed by atoms with van der Waals surface area (Å²) in [5.41, 5.74) is 1.06. The van der Waals surface area contributed by atoms with Crippen LogP contribution in [0.1, 0.15) is 38.7 Å². The number of esters is 2. The Labute approximate surface area is 192 Å². The lowest BCUT2D eigenvalue weighted by Gasteiger charge is -2.36. The molecule has 1 aromatic carbocycles. The van der Waals surface area contributed by atoms with Gasteiger partial charge in [-0.05, 0) is 31.6 Å². The zero-order valence-electron chi connectivity index (χ0n) is 18.3. The number of carbonyl (C=O) groups is 4. The number of ether oxygens (including phenoxy) is 2. The molecule has 0 radical (unpaired) electrons. The van der Waals surface area contributed by atoms with E-state index >= 15 is 0 Å². The standard InChI is InChI=1S/C22H29N3O6S/c1-15(2)31-20(28)14-17-21(29)23-11-12-25(17)22(32)24-18(26)8-9-19(27)30-13-10-16-6-4-3-5-7-16/h3-7,15,17H,8-14H2,1-2H3,(H,23,29)(H,24,26,32). The molecule has 1 saturated heterocycles. The summed E-state index contributed by atoms with van der Waals surface area (Å²) in [6, 6.07) is 8.75. The Morgan fingerprint density at radius 3 is 2.59 bits per heavy atom. The molecule has 0 aromatic heterocycles. The molecule has 2 rings (SSSR count). The molecular weight excluding hydrogens is 434 g/mol. The van der Waals surface area contributed by atoms with Gasteiger partial charge in [-0.25, -0.2) is 0 Å². The van der Waals surface area contributed by atoms with Crippen molar-refractivity contribution in [2.24, 2.45) is 0 Å². The number of carbonyl (C=O) groups excluding carboxylic acids is 4. The monoisotopic (exact) mass is 463 g/mol. The van der Waals surface area contributed by atoms with E-state index in [0.717, 1.165) is 5.56 Å². The molecule has 0 bridgehead atoms. The first kappa shape index (κ1) is 25.3. The van der Waals surface area contributed by atoms with E-state index in [1.54, 1.807) is 13.8 Å². The topological polar surface area (TPSA) is 114 Å². The second-order valence-corrected chi connectivity index (χ2v) is 7.94. The van der Waals surface area contributed by atoms with Crippen molar-refractivity contribution in [3.05, 3.63) is 35.9 Å². The van der Waals surface area contributed by atoms with Gasteiger partial charge in [0.05, 0.1) is 25.6 Å². The largest absolute Gasteiger partial charge is 0.465 e. The highest BCUT2D eigenvalue weighted by molar-refractivity contribution is 7.80. The highest BCUT2D eigenvalue weighted by Crippen LogP contribution is 2.11. The first-order valence-corrected chi connectivity index (χ1v) is 10.9. The molecule has 1 atom stereocenters. The van der Waals surface area contributed by atoms with E-state index in [9.17, 15) is 19.2 Å². The average molecular weight is 464 g/mol. The minimum atomic E-state index is -0.870. The number of hydrogen-bond donors (Lipinski definition) is 2. The van der Waals surface area contributed by atoms with Crippen molar-refractivity contribution in [1.82, 2.24) is 15.5 Å². The third-order valence-corrected chi connectivity index (χ3v) is 4.95. The number of benzene rings is 1. The molecule has 9 nitrogen and oxygen atoms in total. The first-order chi connectivity index (χ1) is 15.3. The lowest BCUT2D eigenvalue weighted by atomic mass is 10.1. The van der Waals surface area contributed by atoms with Crippen LogP contribution >= 0.6 is 12.2 Å². The fourth-order valence-corrected chi connectivity index (χ4v) is 3.43. The lowest BCUT2D eigenvalue weighted by Crippen LogP contribution is -2.60. The number of piperazine rings is 1. The Morgan fingerprint density at radius 1 is 1.19 bits per heavy atom. The predicted molar refractivity (Wildman–Crippen MR) is 120 cm³/mol. The average Bonchev–Trinajstić information content (AvgIpc) is 2.74. The van der Waals surface area contributed by atoms with Gasteiger partial charge in [0.15, 0.2) is 5.11 Å². The zero-order valence-corrected chi connectivity index (χ0v) is 19.1. The maximum Gasteiger partial charge on any atom is 0.308 e. The van der Waals surface area contributed by atoms with Crippen molar-refractivity contribution in [2.75, 3.05) is 19.7 Å². The molecule has 0 aliphatic carbocycles. The number of nitrogens with zero attached hydrogens (tertiary/aromatic N) is 1. The predicted octanol–water partition coefficient (Wildman–Crippen LogP) is 1.10. The van der Waals surface area contributed by atoms with Gasteiger partial charge in [-0.1, -0.05) is 30.3 Å².